The fourth-order valence-corrected chi connectivity index (χ4v) is 3.23. The number of ether oxygens (including phenoxy) is 2. The summed E-state index contributed by atoms with van der Waals surface area (Å²) in [4.78, 5) is 23.8. The van der Waals surface area contributed by atoms with E-state index >= 15 is 0 Å². The van der Waals surface area contributed by atoms with Gasteiger partial charge in [-0.3, -0.25) is 9.59 Å². The van der Waals surface area contributed by atoms with Crippen LogP contribution in [0.15, 0.2) is 46.2 Å². The smallest absolute Gasteiger partial charge is 0.150 e. The van der Waals surface area contributed by atoms with E-state index in [9.17, 15) is 9.59 Å². The van der Waals surface area contributed by atoms with Crippen LogP contribution in [0.25, 0.3) is 0 Å². The van der Waals surface area contributed by atoms with Gasteiger partial charge in [0.2, 0.25) is 0 Å². The first-order valence-corrected chi connectivity index (χ1v) is 10.2. The molecule has 0 unspecified atom stereocenters. The van der Waals surface area contributed by atoms with Gasteiger partial charge in [0.1, 0.15) is 24.1 Å². The zero-order valence-corrected chi connectivity index (χ0v) is 15.8. The maximum absolute atomic E-state index is 10.9. The SMILES string of the molecule is CSc1ccc(C=O)cc1OCCCOc1cc(C=O)ccc1SC. The van der Waals surface area contributed by atoms with Crippen LogP contribution in [0.3, 0.4) is 0 Å². The summed E-state index contributed by atoms with van der Waals surface area (Å²) >= 11 is 3.15. The number of carbonyl (C=O) groups excluding carboxylic acids is 2. The summed E-state index contributed by atoms with van der Waals surface area (Å²) in [7, 11) is 0. The maximum atomic E-state index is 10.9. The standard InChI is InChI=1S/C19H20O4S2/c1-24-18-6-4-14(12-20)10-16(18)22-8-3-9-23-17-11-15(13-21)5-7-19(17)25-2/h4-7,10-13H,3,8-9H2,1-2H3. The van der Waals surface area contributed by atoms with Crippen LogP contribution in [0.5, 0.6) is 11.5 Å². The molecule has 0 amide bonds. The van der Waals surface area contributed by atoms with Gasteiger partial charge in [0.05, 0.1) is 13.2 Å². The van der Waals surface area contributed by atoms with Crippen molar-refractivity contribution in [2.24, 2.45) is 0 Å². The Morgan fingerprint density at radius 1 is 0.800 bits per heavy atom. The van der Waals surface area contributed by atoms with E-state index in [0.29, 0.717) is 42.3 Å². The van der Waals surface area contributed by atoms with Crippen LogP contribution in [-0.2, 0) is 0 Å². The second-order valence-corrected chi connectivity index (χ2v) is 6.80. The molecule has 2 aromatic rings. The van der Waals surface area contributed by atoms with E-state index in [1.54, 1.807) is 47.8 Å². The topological polar surface area (TPSA) is 52.6 Å². The molecule has 2 aromatic carbocycles. The van der Waals surface area contributed by atoms with Crippen LogP contribution < -0.4 is 9.47 Å². The molecule has 2 rings (SSSR count). The number of carbonyl (C=O) groups is 2. The first kappa shape index (κ1) is 19.4. The average molecular weight is 376 g/mol. The molecule has 6 heteroatoms. The second kappa shape index (κ2) is 10.2. The molecule has 0 spiro atoms. The molecule has 0 aliphatic carbocycles. The fourth-order valence-electron chi connectivity index (χ4n) is 2.18. The Bertz CT molecular complexity index is 670. The van der Waals surface area contributed by atoms with E-state index in [4.69, 9.17) is 9.47 Å². The van der Waals surface area contributed by atoms with Gasteiger partial charge in [-0.05, 0) is 36.8 Å². The Morgan fingerprint density at radius 2 is 1.24 bits per heavy atom. The van der Waals surface area contributed by atoms with E-state index in [1.165, 1.54) is 0 Å². The summed E-state index contributed by atoms with van der Waals surface area (Å²) in [5.74, 6) is 1.43. The van der Waals surface area contributed by atoms with Crippen LogP contribution in [0.4, 0.5) is 0 Å². The average Bonchev–Trinajstić information content (AvgIpc) is 2.67. The molecular formula is C19H20O4S2. The lowest BCUT2D eigenvalue weighted by Crippen LogP contribution is -2.06. The Balaban J connectivity index is 1.88. The Hall–Kier alpha value is -1.92. The molecule has 0 bridgehead atoms. The van der Waals surface area contributed by atoms with E-state index in [0.717, 1.165) is 22.4 Å². The van der Waals surface area contributed by atoms with Crippen LogP contribution in [0.1, 0.15) is 27.1 Å². The third-order valence-corrected chi connectivity index (χ3v) is 5.01. The van der Waals surface area contributed by atoms with Gasteiger partial charge in [0.25, 0.3) is 0 Å². The lowest BCUT2D eigenvalue weighted by atomic mass is 10.2. The molecule has 0 saturated carbocycles. The van der Waals surface area contributed by atoms with Gasteiger partial charge in [0.15, 0.2) is 0 Å². The molecule has 132 valence electrons. The summed E-state index contributed by atoms with van der Waals surface area (Å²) in [5, 5.41) is 0. The molecule has 25 heavy (non-hydrogen) atoms. The van der Waals surface area contributed by atoms with Crippen molar-refractivity contribution in [3.05, 3.63) is 47.5 Å². The van der Waals surface area contributed by atoms with Crippen molar-refractivity contribution in [1.82, 2.24) is 0 Å². The zero-order valence-electron chi connectivity index (χ0n) is 14.2. The third kappa shape index (κ3) is 5.54. The first-order valence-electron chi connectivity index (χ1n) is 7.74. The summed E-state index contributed by atoms with van der Waals surface area (Å²) in [6.45, 7) is 0.968. The number of thioether (sulfide) groups is 2. The van der Waals surface area contributed by atoms with Crippen molar-refractivity contribution in [3.63, 3.8) is 0 Å². The van der Waals surface area contributed by atoms with E-state index in [2.05, 4.69) is 0 Å². The van der Waals surface area contributed by atoms with E-state index in [1.807, 2.05) is 24.6 Å². The predicted molar refractivity (Wildman–Crippen MR) is 103 cm³/mol. The number of hydrogen-bond donors (Lipinski definition) is 0. The molecule has 0 heterocycles. The van der Waals surface area contributed by atoms with Crippen LogP contribution >= 0.6 is 23.5 Å². The molecule has 0 atom stereocenters. The monoisotopic (exact) mass is 376 g/mol. The van der Waals surface area contributed by atoms with Gasteiger partial charge in [0, 0.05) is 27.3 Å². The van der Waals surface area contributed by atoms with Gasteiger partial charge in [-0.25, -0.2) is 0 Å². The van der Waals surface area contributed by atoms with Crippen molar-refractivity contribution in [2.45, 2.75) is 16.2 Å². The van der Waals surface area contributed by atoms with Gasteiger partial charge in [-0.15, -0.1) is 23.5 Å². The number of hydrogen-bond acceptors (Lipinski definition) is 6. The van der Waals surface area contributed by atoms with Crippen LogP contribution in [0, 0.1) is 0 Å². The second-order valence-electron chi connectivity index (χ2n) is 5.11. The third-order valence-electron chi connectivity index (χ3n) is 3.45. The van der Waals surface area contributed by atoms with Crippen molar-refractivity contribution >= 4 is 36.1 Å². The minimum absolute atomic E-state index is 0.484. The minimum Gasteiger partial charge on any atom is -0.492 e. The Kier molecular flexibility index (Phi) is 7.88. The number of rotatable bonds is 10. The quantitative estimate of drug-likeness (QED) is 0.343. The van der Waals surface area contributed by atoms with Crippen molar-refractivity contribution in [3.8, 4) is 11.5 Å². The normalized spacial score (nSPS) is 10.3. The predicted octanol–water partition coefficient (Wildman–Crippen LogP) is 4.60. The highest BCUT2D eigenvalue weighted by Crippen LogP contribution is 2.29. The lowest BCUT2D eigenvalue weighted by Gasteiger charge is -2.12. The largest absolute Gasteiger partial charge is 0.492 e. The molecule has 0 aliphatic rings. The summed E-state index contributed by atoms with van der Waals surface area (Å²) in [6.07, 6.45) is 6.25. The van der Waals surface area contributed by atoms with Gasteiger partial charge >= 0.3 is 0 Å². The van der Waals surface area contributed by atoms with E-state index < -0.39 is 0 Å². The molecule has 0 N–H and O–H groups in total. The fraction of sp³-hybridized carbons (Fsp3) is 0.263. The van der Waals surface area contributed by atoms with Gasteiger partial charge in [-0.2, -0.15) is 0 Å². The molecular weight excluding hydrogens is 356 g/mol. The summed E-state index contributed by atoms with van der Waals surface area (Å²) in [5.41, 5.74) is 1.19. The van der Waals surface area contributed by atoms with Crippen molar-refractivity contribution in [1.29, 1.82) is 0 Å². The highest BCUT2D eigenvalue weighted by atomic mass is 32.2. The highest BCUT2D eigenvalue weighted by molar-refractivity contribution is 7.99. The maximum Gasteiger partial charge on any atom is 0.150 e. The zero-order chi connectivity index (χ0) is 18.1. The van der Waals surface area contributed by atoms with Crippen molar-refractivity contribution < 1.29 is 19.1 Å². The first-order chi connectivity index (χ1) is 12.2. The van der Waals surface area contributed by atoms with Crippen LogP contribution in [-0.4, -0.2) is 38.3 Å². The van der Waals surface area contributed by atoms with Crippen LogP contribution in [0.2, 0.25) is 0 Å². The molecule has 0 saturated heterocycles. The van der Waals surface area contributed by atoms with E-state index in [-0.39, 0.29) is 0 Å². The van der Waals surface area contributed by atoms with Crippen molar-refractivity contribution in [2.75, 3.05) is 25.7 Å². The number of aldehydes is 2. The molecule has 0 fully saturated rings. The molecule has 0 aliphatic heterocycles. The highest BCUT2D eigenvalue weighted by Gasteiger charge is 2.06. The lowest BCUT2D eigenvalue weighted by molar-refractivity contribution is 0.111. The summed E-state index contributed by atoms with van der Waals surface area (Å²) in [6, 6.07) is 10.8. The number of benzene rings is 2. The molecule has 0 radical (unpaired) electrons. The van der Waals surface area contributed by atoms with Gasteiger partial charge in [-0.1, -0.05) is 12.1 Å². The Morgan fingerprint density at radius 3 is 1.60 bits per heavy atom. The minimum atomic E-state index is 0.484. The van der Waals surface area contributed by atoms with Gasteiger partial charge < -0.3 is 9.47 Å². The molecule has 0 aromatic heterocycles. The molecule has 4 nitrogen and oxygen atoms in total. The summed E-state index contributed by atoms with van der Waals surface area (Å²) < 4.78 is 11.6. The Labute approximate surface area is 156 Å².